The Kier molecular flexibility index (Phi) is 9.39. The number of unbranched alkanes of at least 4 members (excludes halogenated alkanes) is 1. The Hall–Kier alpha value is -3.25. The van der Waals surface area contributed by atoms with Crippen LogP contribution in [0.2, 0.25) is 0 Å². The molecule has 3 aromatic carbocycles. The first-order valence-electron chi connectivity index (χ1n) is 11.1. The zero-order chi connectivity index (χ0) is 23.5. The van der Waals surface area contributed by atoms with Gasteiger partial charge in [-0.25, -0.2) is 4.79 Å². The second kappa shape index (κ2) is 12.7. The van der Waals surface area contributed by atoms with Crippen LogP contribution in [0.15, 0.2) is 77.7 Å². The molecule has 0 unspecified atom stereocenters. The van der Waals surface area contributed by atoms with E-state index in [0.29, 0.717) is 35.8 Å². The lowest BCUT2D eigenvalue weighted by atomic mass is 10.1. The SMILES string of the molecule is CCCCOC(=O)c1ccc(NC(=O)c2ccc(OCC)c(CSc3ccccc3)c2)cc1. The molecule has 0 spiro atoms. The second-order valence-electron chi connectivity index (χ2n) is 7.38. The molecule has 172 valence electrons. The summed E-state index contributed by atoms with van der Waals surface area (Å²) >= 11 is 1.69. The molecule has 0 aliphatic carbocycles. The fourth-order valence-electron chi connectivity index (χ4n) is 3.09. The van der Waals surface area contributed by atoms with Crippen LogP contribution in [0.1, 0.15) is 53.0 Å². The van der Waals surface area contributed by atoms with Gasteiger partial charge >= 0.3 is 5.97 Å². The normalized spacial score (nSPS) is 10.5. The van der Waals surface area contributed by atoms with Crippen LogP contribution in [0.4, 0.5) is 5.69 Å². The van der Waals surface area contributed by atoms with Gasteiger partial charge < -0.3 is 14.8 Å². The third-order valence-corrected chi connectivity index (χ3v) is 5.93. The highest BCUT2D eigenvalue weighted by Crippen LogP contribution is 2.29. The first kappa shape index (κ1) is 24.4. The zero-order valence-electron chi connectivity index (χ0n) is 19.0. The minimum Gasteiger partial charge on any atom is -0.494 e. The molecule has 0 aliphatic heterocycles. The van der Waals surface area contributed by atoms with Gasteiger partial charge in [-0.1, -0.05) is 31.5 Å². The van der Waals surface area contributed by atoms with Gasteiger partial charge in [0.2, 0.25) is 0 Å². The molecule has 1 amide bonds. The summed E-state index contributed by atoms with van der Waals surface area (Å²) in [5, 5.41) is 2.89. The minimum atomic E-state index is -0.353. The quantitative estimate of drug-likeness (QED) is 0.197. The molecule has 0 saturated carbocycles. The van der Waals surface area contributed by atoms with Crippen molar-refractivity contribution in [1.29, 1.82) is 0 Å². The Morgan fingerprint density at radius 1 is 0.909 bits per heavy atom. The molecule has 3 rings (SSSR count). The summed E-state index contributed by atoms with van der Waals surface area (Å²) in [5.74, 6) is 0.897. The summed E-state index contributed by atoms with van der Waals surface area (Å²) in [7, 11) is 0. The summed E-state index contributed by atoms with van der Waals surface area (Å²) in [5.41, 5.74) is 2.58. The summed E-state index contributed by atoms with van der Waals surface area (Å²) in [6.07, 6.45) is 1.81. The van der Waals surface area contributed by atoms with Crippen molar-refractivity contribution in [1.82, 2.24) is 0 Å². The van der Waals surface area contributed by atoms with Crippen molar-refractivity contribution in [3.05, 3.63) is 89.5 Å². The number of esters is 1. The van der Waals surface area contributed by atoms with Crippen LogP contribution in [0, 0.1) is 0 Å². The zero-order valence-corrected chi connectivity index (χ0v) is 19.8. The number of ether oxygens (including phenoxy) is 2. The molecule has 0 fully saturated rings. The Balaban J connectivity index is 1.66. The third kappa shape index (κ3) is 7.39. The van der Waals surface area contributed by atoms with Crippen molar-refractivity contribution in [2.24, 2.45) is 0 Å². The van der Waals surface area contributed by atoms with E-state index in [4.69, 9.17) is 9.47 Å². The number of thioether (sulfide) groups is 1. The van der Waals surface area contributed by atoms with Crippen LogP contribution in [0.3, 0.4) is 0 Å². The van der Waals surface area contributed by atoms with Crippen LogP contribution < -0.4 is 10.1 Å². The molecule has 3 aromatic rings. The molecule has 0 heterocycles. The van der Waals surface area contributed by atoms with Gasteiger partial charge in [-0.05, 0) is 67.9 Å². The number of hydrogen-bond donors (Lipinski definition) is 1. The van der Waals surface area contributed by atoms with Crippen molar-refractivity contribution < 1.29 is 19.1 Å². The Labute approximate surface area is 199 Å². The minimum absolute atomic E-state index is 0.220. The number of anilines is 1. The highest BCUT2D eigenvalue weighted by Gasteiger charge is 2.13. The van der Waals surface area contributed by atoms with Gasteiger partial charge in [-0.2, -0.15) is 0 Å². The molecule has 0 saturated heterocycles. The van der Waals surface area contributed by atoms with Crippen molar-refractivity contribution >= 4 is 29.3 Å². The van der Waals surface area contributed by atoms with Crippen molar-refractivity contribution in [2.75, 3.05) is 18.5 Å². The van der Waals surface area contributed by atoms with Gasteiger partial charge in [-0.15, -0.1) is 11.8 Å². The fraction of sp³-hybridized carbons (Fsp3) is 0.259. The molecule has 0 radical (unpaired) electrons. The lowest BCUT2D eigenvalue weighted by Gasteiger charge is -2.13. The number of rotatable bonds is 11. The Bertz CT molecular complexity index is 1050. The average molecular weight is 464 g/mol. The van der Waals surface area contributed by atoms with Gasteiger partial charge in [0.25, 0.3) is 5.91 Å². The Morgan fingerprint density at radius 2 is 1.64 bits per heavy atom. The lowest BCUT2D eigenvalue weighted by molar-refractivity contribution is 0.0499. The molecule has 0 atom stereocenters. The molecule has 33 heavy (non-hydrogen) atoms. The largest absolute Gasteiger partial charge is 0.494 e. The molecule has 6 heteroatoms. The van der Waals surface area contributed by atoms with Crippen LogP contribution in [0.25, 0.3) is 0 Å². The smallest absolute Gasteiger partial charge is 0.338 e. The van der Waals surface area contributed by atoms with E-state index in [1.54, 1.807) is 42.1 Å². The van der Waals surface area contributed by atoms with E-state index >= 15 is 0 Å². The molecule has 0 bridgehead atoms. The second-order valence-corrected chi connectivity index (χ2v) is 8.43. The van der Waals surface area contributed by atoms with Gasteiger partial charge in [-0.3, -0.25) is 4.79 Å². The molecule has 1 N–H and O–H groups in total. The predicted molar refractivity (Wildman–Crippen MR) is 133 cm³/mol. The van der Waals surface area contributed by atoms with Crippen molar-refractivity contribution in [2.45, 2.75) is 37.3 Å². The van der Waals surface area contributed by atoms with E-state index < -0.39 is 0 Å². The maximum absolute atomic E-state index is 12.9. The van der Waals surface area contributed by atoms with Gasteiger partial charge in [0, 0.05) is 27.5 Å². The summed E-state index contributed by atoms with van der Waals surface area (Å²) in [6.45, 7) is 4.96. The monoisotopic (exact) mass is 463 g/mol. The predicted octanol–water partition coefficient (Wildman–Crippen LogP) is 6.59. The van der Waals surface area contributed by atoms with Crippen LogP contribution >= 0.6 is 11.8 Å². The van der Waals surface area contributed by atoms with Gasteiger partial charge in [0.15, 0.2) is 0 Å². The molecular weight excluding hydrogens is 434 g/mol. The average Bonchev–Trinajstić information content (AvgIpc) is 2.84. The van der Waals surface area contributed by atoms with Crippen molar-refractivity contribution in [3.63, 3.8) is 0 Å². The first-order valence-corrected chi connectivity index (χ1v) is 12.1. The third-order valence-electron chi connectivity index (χ3n) is 4.87. The maximum Gasteiger partial charge on any atom is 0.338 e. The van der Waals surface area contributed by atoms with E-state index in [0.717, 1.165) is 29.1 Å². The van der Waals surface area contributed by atoms with E-state index in [1.165, 1.54) is 0 Å². The number of nitrogens with one attached hydrogen (secondary N) is 1. The molecule has 0 aliphatic rings. The highest BCUT2D eigenvalue weighted by molar-refractivity contribution is 7.98. The number of carbonyl (C=O) groups excluding carboxylic acids is 2. The Morgan fingerprint density at radius 3 is 2.33 bits per heavy atom. The van der Waals surface area contributed by atoms with Crippen LogP contribution in [-0.4, -0.2) is 25.1 Å². The summed E-state index contributed by atoms with van der Waals surface area (Å²) in [6, 6.07) is 22.3. The fourth-order valence-corrected chi connectivity index (χ4v) is 3.99. The summed E-state index contributed by atoms with van der Waals surface area (Å²) in [4.78, 5) is 26.0. The number of amides is 1. The number of hydrogen-bond acceptors (Lipinski definition) is 5. The standard InChI is InChI=1S/C27H29NO4S/c1-3-5-17-32-27(30)20-11-14-23(15-12-20)28-26(29)21-13-16-25(31-4-2)22(18-21)19-33-24-9-7-6-8-10-24/h6-16,18H,3-5,17,19H2,1-2H3,(H,28,29). The van der Waals surface area contributed by atoms with E-state index in [-0.39, 0.29) is 11.9 Å². The topological polar surface area (TPSA) is 64.6 Å². The molecule has 0 aromatic heterocycles. The maximum atomic E-state index is 12.9. The highest BCUT2D eigenvalue weighted by atomic mass is 32.2. The van der Waals surface area contributed by atoms with Crippen LogP contribution in [0.5, 0.6) is 5.75 Å². The van der Waals surface area contributed by atoms with Gasteiger partial charge in [0.05, 0.1) is 18.8 Å². The van der Waals surface area contributed by atoms with Crippen LogP contribution in [-0.2, 0) is 10.5 Å². The first-order chi connectivity index (χ1) is 16.1. The number of benzene rings is 3. The molecule has 5 nitrogen and oxygen atoms in total. The van der Waals surface area contributed by atoms with E-state index in [2.05, 4.69) is 17.4 Å². The molecular formula is C27H29NO4S. The van der Waals surface area contributed by atoms with E-state index in [1.807, 2.05) is 44.2 Å². The number of carbonyl (C=O) groups is 2. The summed E-state index contributed by atoms with van der Waals surface area (Å²) < 4.78 is 11.0. The van der Waals surface area contributed by atoms with Gasteiger partial charge in [0.1, 0.15) is 5.75 Å². The van der Waals surface area contributed by atoms with E-state index in [9.17, 15) is 9.59 Å². The lowest BCUT2D eigenvalue weighted by Crippen LogP contribution is -2.13. The van der Waals surface area contributed by atoms with Crippen molar-refractivity contribution in [3.8, 4) is 5.75 Å².